The number of halogens is 1. The Morgan fingerprint density at radius 3 is 2.92 bits per heavy atom. The third-order valence-electron chi connectivity index (χ3n) is 1.94. The molecule has 0 aromatic carbocycles. The summed E-state index contributed by atoms with van der Waals surface area (Å²) in [6.45, 7) is 1.65. The van der Waals surface area contributed by atoms with E-state index >= 15 is 0 Å². The fourth-order valence-corrected chi connectivity index (χ4v) is 1.38. The second-order valence-electron chi connectivity index (χ2n) is 2.89. The summed E-state index contributed by atoms with van der Waals surface area (Å²) in [5.74, 6) is 0.815. The van der Waals surface area contributed by atoms with Gasteiger partial charge in [-0.3, -0.25) is 4.79 Å². The summed E-state index contributed by atoms with van der Waals surface area (Å²) in [6.07, 6.45) is 6.54. The zero-order valence-electron chi connectivity index (χ0n) is 7.13. The third kappa shape index (κ3) is 2.86. The molecule has 0 saturated heterocycles. The van der Waals surface area contributed by atoms with Crippen LogP contribution in [0.4, 0.5) is 0 Å². The lowest BCUT2D eigenvalue weighted by molar-refractivity contribution is -0.130. The molecule has 12 heavy (non-hydrogen) atoms. The summed E-state index contributed by atoms with van der Waals surface area (Å²) < 4.78 is 0. The molecule has 3 heteroatoms. The molecule has 0 aromatic heterocycles. The summed E-state index contributed by atoms with van der Waals surface area (Å²) in [4.78, 5) is 13.3. The smallest absolute Gasteiger partial charge is 0.222 e. The van der Waals surface area contributed by atoms with Crippen molar-refractivity contribution in [2.45, 2.75) is 19.3 Å². The van der Waals surface area contributed by atoms with Crippen LogP contribution >= 0.6 is 11.6 Å². The Morgan fingerprint density at radius 1 is 1.50 bits per heavy atom. The van der Waals surface area contributed by atoms with Crippen molar-refractivity contribution in [1.29, 1.82) is 0 Å². The van der Waals surface area contributed by atoms with E-state index in [1.165, 1.54) is 0 Å². The standard InChI is InChI=1S/C9H14ClNO/c10-6-4-5-9(12)11-7-2-1-3-8-11/h1-2H,3-8H2. The molecule has 1 aliphatic rings. The van der Waals surface area contributed by atoms with E-state index in [1.807, 2.05) is 11.0 Å². The minimum absolute atomic E-state index is 0.236. The first-order valence-electron chi connectivity index (χ1n) is 4.33. The van der Waals surface area contributed by atoms with Gasteiger partial charge in [-0.2, -0.15) is 0 Å². The summed E-state index contributed by atoms with van der Waals surface area (Å²) in [6, 6.07) is 0. The van der Waals surface area contributed by atoms with Gasteiger partial charge in [0.25, 0.3) is 0 Å². The average Bonchev–Trinajstić information content (AvgIpc) is 2.15. The predicted molar refractivity (Wildman–Crippen MR) is 50.3 cm³/mol. The first kappa shape index (κ1) is 9.59. The van der Waals surface area contributed by atoms with Gasteiger partial charge in [-0.05, 0) is 12.8 Å². The molecule has 1 heterocycles. The number of carbonyl (C=O) groups is 1. The second-order valence-corrected chi connectivity index (χ2v) is 3.27. The first-order chi connectivity index (χ1) is 5.84. The molecule has 0 spiro atoms. The van der Waals surface area contributed by atoms with Crippen LogP contribution in [-0.2, 0) is 4.79 Å². The van der Waals surface area contributed by atoms with Gasteiger partial charge in [0.05, 0.1) is 0 Å². The van der Waals surface area contributed by atoms with Gasteiger partial charge in [-0.1, -0.05) is 12.2 Å². The van der Waals surface area contributed by atoms with Crippen LogP contribution in [-0.4, -0.2) is 29.8 Å². The molecule has 1 amide bonds. The van der Waals surface area contributed by atoms with Crippen molar-refractivity contribution in [3.05, 3.63) is 12.2 Å². The minimum atomic E-state index is 0.236. The Labute approximate surface area is 78.2 Å². The van der Waals surface area contributed by atoms with Crippen LogP contribution in [0.1, 0.15) is 19.3 Å². The SMILES string of the molecule is O=C(CCCCl)N1CC=CCC1. The maximum absolute atomic E-state index is 11.4. The largest absolute Gasteiger partial charge is 0.339 e. The second kappa shape index (κ2) is 5.20. The number of hydrogen-bond donors (Lipinski definition) is 0. The molecule has 1 rings (SSSR count). The Hall–Kier alpha value is -0.500. The Kier molecular flexibility index (Phi) is 4.15. The lowest BCUT2D eigenvalue weighted by atomic mass is 10.2. The number of alkyl halides is 1. The lowest BCUT2D eigenvalue weighted by Crippen LogP contribution is -2.33. The lowest BCUT2D eigenvalue weighted by Gasteiger charge is -2.23. The number of nitrogens with zero attached hydrogens (tertiary/aromatic N) is 1. The summed E-state index contributed by atoms with van der Waals surface area (Å²) >= 11 is 5.50. The fraction of sp³-hybridized carbons (Fsp3) is 0.667. The Morgan fingerprint density at radius 2 is 2.33 bits per heavy atom. The highest BCUT2D eigenvalue weighted by Gasteiger charge is 2.12. The van der Waals surface area contributed by atoms with E-state index < -0.39 is 0 Å². The molecule has 0 saturated carbocycles. The van der Waals surface area contributed by atoms with Crippen molar-refractivity contribution in [2.24, 2.45) is 0 Å². The van der Waals surface area contributed by atoms with E-state index in [0.717, 1.165) is 25.9 Å². The molecule has 0 radical (unpaired) electrons. The van der Waals surface area contributed by atoms with Crippen LogP contribution in [0.25, 0.3) is 0 Å². The normalized spacial score (nSPS) is 16.6. The van der Waals surface area contributed by atoms with Crippen molar-refractivity contribution < 1.29 is 4.79 Å². The number of amides is 1. The molecule has 0 fully saturated rings. The monoisotopic (exact) mass is 187 g/mol. The highest BCUT2D eigenvalue weighted by Crippen LogP contribution is 2.05. The summed E-state index contributed by atoms with van der Waals surface area (Å²) in [7, 11) is 0. The number of rotatable bonds is 3. The molecule has 68 valence electrons. The maximum atomic E-state index is 11.4. The van der Waals surface area contributed by atoms with Crippen LogP contribution in [0.5, 0.6) is 0 Å². The van der Waals surface area contributed by atoms with Gasteiger partial charge in [0.2, 0.25) is 5.91 Å². The van der Waals surface area contributed by atoms with Gasteiger partial charge >= 0.3 is 0 Å². The van der Waals surface area contributed by atoms with Crippen LogP contribution in [0.3, 0.4) is 0 Å². The van der Waals surface area contributed by atoms with Gasteiger partial charge in [-0.25, -0.2) is 0 Å². The molecule has 0 unspecified atom stereocenters. The van der Waals surface area contributed by atoms with Crippen molar-refractivity contribution in [3.63, 3.8) is 0 Å². The van der Waals surface area contributed by atoms with E-state index in [9.17, 15) is 4.79 Å². The molecule has 0 N–H and O–H groups in total. The van der Waals surface area contributed by atoms with Gasteiger partial charge in [0, 0.05) is 25.4 Å². The zero-order chi connectivity index (χ0) is 8.81. The van der Waals surface area contributed by atoms with Crippen LogP contribution in [0.15, 0.2) is 12.2 Å². The molecular weight excluding hydrogens is 174 g/mol. The van der Waals surface area contributed by atoms with Gasteiger partial charge in [0.15, 0.2) is 0 Å². The third-order valence-corrected chi connectivity index (χ3v) is 2.20. The molecule has 2 nitrogen and oxygen atoms in total. The van der Waals surface area contributed by atoms with Gasteiger partial charge < -0.3 is 4.90 Å². The minimum Gasteiger partial charge on any atom is -0.339 e. The first-order valence-corrected chi connectivity index (χ1v) is 4.87. The fourth-order valence-electron chi connectivity index (χ4n) is 1.24. The molecule has 0 aliphatic carbocycles. The van der Waals surface area contributed by atoms with E-state index in [0.29, 0.717) is 12.3 Å². The quantitative estimate of drug-likeness (QED) is 0.488. The average molecular weight is 188 g/mol. The van der Waals surface area contributed by atoms with E-state index in [-0.39, 0.29) is 5.91 Å². The van der Waals surface area contributed by atoms with Crippen molar-refractivity contribution in [2.75, 3.05) is 19.0 Å². The van der Waals surface area contributed by atoms with Crippen LogP contribution in [0.2, 0.25) is 0 Å². The highest BCUT2D eigenvalue weighted by atomic mass is 35.5. The summed E-state index contributed by atoms with van der Waals surface area (Å²) in [5, 5.41) is 0. The molecular formula is C9H14ClNO. The van der Waals surface area contributed by atoms with E-state index in [1.54, 1.807) is 0 Å². The van der Waals surface area contributed by atoms with Crippen molar-refractivity contribution >= 4 is 17.5 Å². The zero-order valence-corrected chi connectivity index (χ0v) is 7.89. The van der Waals surface area contributed by atoms with E-state index in [4.69, 9.17) is 11.6 Å². The van der Waals surface area contributed by atoms with Crippen LogP contribution < -0.4 is 0 Å². The van der Waals surface area contributed by atoms with Gasteiger partial charge in [0.1, 0.15) is 0 Å². The number of hydrogen-bond acceptors (Lipinski definition) is 1. The van der Waals surface area contributed by atoms with E-state index in [2.05, 4.69) is 6.08 Å². The molecule has 0 aromatic rings. The van der Waals surface area contributed by atoms with Gasteiger partial charge in [-0.15, -0.1) is 11.6 Å². The number of carbonyl (C=O) groups excluding carboxylic acids is 1. The highest BCUT2D eigenvalue weighted by molar-refractivity contribution is 6.17. The predicted octanol–water partition coefficient (Wildman–Crippen LogP) is 1.79. The summed E-state index contributed by atoms with van der Waals surface area (Å²) in [5.41, 5.74) is 0. The Balaban J connectivity index is 2.26. The topological polar surface area (TPSA) is 20.3 Å². The van der Waals surface area contributed by atoms with Crippen molar-refractivity contribution in [3.8, 4) is 0 Å². The molecule has 0 bridgehead atoms. The van der Waals surface area contributed by atoms with Crippen LogP contribution in [0, 0.1) is 0 Å². The molecule has 1 aliphatic heterocycles. The maximum Gasteiger partial charge on any atom is 0.222 e. The molecule has 0 atom stereocenters. The Bertz CT molecular complexity index is 179. The van der Waals surface area contributed by atoms with Crippen molar-refractivity contribution in [1.82, 2.24) is 4.90 Å².